The van der Waals surface area contributed by atoms with Crippen molar-refractivity contribution >= 4 is 56.9 Å². The molecular formula is C40H53ClF2N8O7S. The second-order valence-corrected chi connectivity index (χ2v) is 20.1. The molecule has 4 heterocycles. The van der Waals surface area contributed by atoms with Gasteiger partial charge in [-0.25, -0.2) is 27.0 Å². The van der Waals surface area contributed by atoms with Crippen molar-refractivity contribution in [3.05, 3.63) is 47.1 Å². The number of aromatic nitrogens is 1. The number of hydrogen-bond donors (Lipinski definition) is 3. The van der Waals surface area contributed by atoms with Crippen LogP contribution in [0, 0.1) is 11.3 Å². The number of alkyl carbamates (subject to hydrolysis) is 1. The van der Waals surface area contributed by atoms with Gasteiger partial charge < -0.3 is 30.9 Å². The highest BCUT2D eigenvalue weighted by Crippen LogP contribution is 2.55. The number of halogens is 3. The summed E-state index contributed by atoms with van der Waals surface area (Å²) in [4.78, 5) is 59.3. The van der Waals surface area contributed by atoms with Crippen molar-refractivity contribution in [1.82, 2.24) is 24.8 Å². The lowest BCUT2D eigenvalue weighted by atomic mass is 9.80. The van der Waals surface area contributed by atoms with E-state index in [0.29, 0.717) is 31.5 Å². The third-order valence-corrected chi connectivity index (χ3v) is 14.3. The first-order valence-electron chi connectivity index (χ1n) is 20.3. The molecule has 0 radical (unpaired) electrons. The topological polar surface area (TPSA) is 188 Å². The molecule has 5 aliphatic rings. The minimum Gasteiger partial charge on any atom is -0.444 e. The maximum atomic E-state index is 16.2. The largest absolute Gasteiger partial charge is 0.444 e. The summed E-state index contributed by atoms with van der Waals surface area (Å²) >= 11 is 6.32. The van der Waals surface area contributed by atoms with Gasteiger partial charge in [-0.05, 0) is 108 Å². The van der Waals surface area contributed by atoms with E-state index in [1.54, 1.807) is 37.8 Å². The molecule has 7 rings (SSSR count). The Balaban J connectivity index is 0.918. The van der Waals surface area contributed by atoms with E-state index in [-0.39, 0.29) is 103 Å². The summed E-state index contributed by atoms with van der Waals surface area (Å²) in [5, 5.41) is 5.68. The molecule has 1 spiro atoms. The fraction of sp³-hybridized carbons (Fsp3) is 0.625. The predicted octanol–water partition coefficient (Wildman–Crippen LogP) is 3.98. The number of hydrogen-bond acceptors (Lipinski definition) is 10. The number of primary amides is 1. The molecule has 2 atom stereocenters. The Labute approximate surface area is 348 Å². The second kappa shape index (κ2) is 16.4. The summed E-state index contributed by atoms with van der Waals surface area (Å²) in [6, 6.07) is 7.33. The predicted molar refractivity (Wildman–Crippen MR) is 215 cm³/mol. The average Bonchev–Trinajstić information content (AvgIpc) is 3.69. The normalized spacial score (nSPS) is 25.3. The van der Waals surface area contributed by atoms with Crippen LogP contribution in [-0.4, -0.2) is 116 Å². The summed E-state index contributed by atoms with van der Waals surface area (Å²) in [5.41, 5.74) is 5.06. The molecule has 3 aliphatic heterocycles. The lowest BCUT2D eigenvalue weighted by molar-refractivity contribution is -0.128. The first-order valence-corrected chi connectivity index (χ1v) is 22.1. The molecule has 2 aliphatic carbocycles. The SMILES string of the molecule is CC(C)(C)OC(=O)N[C@@H]1CC(=O)N(c2ccc(S(=O)(=O)N3CCN(c4cc(C(F)(F)[C@H]5CC[C@H](NC(=O)[C@@H]6CC7(CC7)CN6CC(N)=O)CC5)cc(Cl)n4)CC3)cc2)C1. The number of benzene rings is 1. The van der Waals surface area contributed by atoms with Crippen LogP contribution in [0.4, 0.5) is 25.1 Å². The van der Waals surface area contributed by atoms with E-state index in [1.807, 2.05) is 4.90 Å². The average molecular weight is 863 g/mol. The van der Waals surface area contributed by atoms with Crippen LogP contribution in [-0.2, 0) is 35.1 Å². The zero-order valence-corrected chi connectivity index (χ0v) is 35.2. The Morgan fingerprint density at radius 3 is 2.25 bits per heavy atom. The van der Waals surface area contributed by atoms with E-state index in [9.17, 15) is 27.6 Å². The van der Waals surface area contributed by atoms with E-state index in [4.69, 9.17) is 22.1 Å². The van der Waals surface area contributed by atoms with Gasteiger partial charge in [0, 0.05) is 68.9 Å². The minimum atomic E-state index is -3.93. The van der Waals surface area contributed by atoms with Gasteiger partial charge in [0.1, 0.15) is 16.6 Å². The highest BCUT2D eigenvalue weighted by atomic mass is 35.5. The number of nitrogens with two attached hydrogens (primary N) is 1. The molecule has 3 saturated heterocycles. The molecule has 0 unspecified atom stereocenters. The number of rotatable bonds is 11. The Morgan fingerprint density at radius 1 is 0.983 bits per heavy atom. The molecule has 19 heteroatoms. The van der Waals surface area contributed by atoms with Crippen molar-refractivity contribution < 1.29 is 41.1 Å². The van der Waals surface area contributed by atoms with Crippen molar-refractivity contribution in [1.29, 1.82) is 0 Å². The summed E-state index contributed by atoms with van der Waals surface area (Å²) in [5.74, 6) is -4.87. The van der Waals surface area contributed by atoms with E-state index < -0.39 is 51.5 Å². The van der Waals surface area contributed by atoms with Crippen LogP contribution in [0.25, 0.3) is 0 Å². The first-order chi connectivity index (χ1) is 27.7. The molecule has 0 bridgehead atoms. The quantitative estimate of drug-likeness (QED) is 0.279. The number of piperazine rings is 1. The van der Waals surface area contributed by atoms with Crippen LogP contribution in [0.5, 0.6) is 0 Å². The Hall–Kier alpha value is -4.13. The third-order valence-electron chi connectivity index (χ3n) is 12.2. The van der Waals surface area contributed by atoms with Crippen LogP contribution in [0.2, 0.25) is 5.15 Å². The van der Waals surface area contributed by atoms with Crippen molar-refractivity contribution in [2.45, 2.75) is 107 Å². The molecule has 2 aromatic rings. The van der Waals surface area contributed by atoms with E-state index in [1.165, 1.54) is 33.5 Å². The fourth-order valence-electron chi connectivity index (χ4n) is 8.91. The maximum Gasteiger partial charge on any atom is 0.407 e. The first kappa shape index (κ1) is 43.0. The number of amides is 4. The number of pyridine rings is 1. The fourth-order valence-corrected chi connectivity index (χ4v) is 10.5. The molecule has 1 aromatic carbocycles. The van der Waals surface area contributed by atoms with Gasteiger partial charge in [-0.1, -0.05) is 11.6 Å². The summed E-state index contributed by atoms with van der Waals surface area (Å²) < 4.78 is 66.3. The van der Waals surface area contributed by atoms with Gasteiger partial charge in [-0.3, -0.25) is 19.3 Å². The van der Waals surface area contributed by atoms with Gasteiger partial charge in [0.05, 0.1) is 23.5 Å². The van der Waals surface area contributed by atoms with E-state index >= 15 is 8.78 Å². The highest BCUT2D eigenvalue weighted by molar-refractivity contribution is 7.89. The van der Waals surface area contributed by atoms with Crippen molar-refractivity contribution in [2.75, 3.05) is 55.6 Å². The molecule has 5 fully saturated rings. The number of ether oxygens (including phenoxy) is 1. The number of nitrogens with one attached hydrogen (secondary N) is 2. The number of alkyl halides is 2. The number of carbonyl (C=O) groups is 4. The van der Waals surface area contributed by atoms with Crippen molar-refractivity contribution in [3.63, 3.8) is 0 Å². The molecule has 15 nitrogen and oxygen atoms in total. The van der Waals surface area contributed by atoms with E-state index in [0.717, 1.165) is 12.8 Å². The number of likely N-dealkylation sites (tertiary alicyclic amines) is 1. The highest BCUT2D eigenvalue weighted by Gasteiger charge is 2.54. The third kappa shape index (κ3) is 9.76. The van der Waals surface area contributed by atoms with Crippen LogP contribution < -0.4 is 26.2 Å². The van der Waals surface area contributed by atoms with Crippen LogP contribution >= 0.6 is 11.6 Å². The van der Waals surface area contributed by atoms with Gasteiger partial charge in [-0.15, -0.1) is 0 Å². The molecule has 4 N–H and O–H groups in total. The van der Waals surface area contributed by atoms with Crippen LogP contribution in [0.1, 0.15) is 77.7 Å². The van der Waals surface area contributed by atoms with E-state index in [2.05, 4.69) is 15.6 Å². The molecule has 2 saturated carbocycles. The minimum absolute atomic E-state index is 0.0177. The number of sulfonamides is 1. The van der Waals surface area contributed by atoms with Gasteiger partial charge >= 0.3 is 6.09 Å². The van der Waals surface area contributed by atoms with Crippen LogP contribution in [0.15, 0.2) is 41.3 Å². The molecule has 59 heavy (non-hydrogen) atoms. The van der Waals surface area contributed by atoms with Crippen LogP contribution in [0.3, 0.4) is 0 Å². The summed E-state index contributed by atoms with van der Waals surface area (Å²) in [7, 11) is -3.93. The van der Waals surface area contributed by atoms with Gasteiger partial charge in [0.15, 0.2) is 0 Å². The maximum absolute atomic E-state index is 16.2. The summed E-state index contributed by atoms with van der Waals surface area (Å²) in [6.07, 6.45) is 3.31. The monoisotopic (exact) mass is 862 g/mol. The lowest BCUT2D eigenvalue weighted by Crippen LogP contribution is -2.50. The standard InChI is InChI=1S/C40H53ClF2N8O7S/c1-38(2,3)58-37(55)46-28-20-35(53)51(22-28)29-8-10-30(11-9-29)59(56,57)50-16-14-48(15-17-50)34-19-26(18-32(41)47-34)40(42,43)25-4-6-27(7-5-25)45-36(54)31-21-39(12-13-39)24-49(31)23-33(44)52/h8-11,18-19,25,27-28,31H,4-7,12-17,20-24H2,1-3H3,(H2,44,52)(H,45,54)(H,46,55)/t25-,27-,28-,31+/m1/s1. The Bertz CT molecular complexity index is 2050. The van der Waals surface area contributed by atoms with Crippen molar-refractivity contribution in [2.24, 2.45) is 17.1 Å². The number of anilines is 2. The molecule has 4 amide bonds. The second-order valence-electron chi connectivity index (χ2n) is 17.7. The number of carbonyl (C=O) groups excluding carboxylic acids is 4. The van der Waals surface area contributed by atoms with Gasteiger partial charge in [0.25, 0.3) is 5.92 Å². The molecule has 1 aromatic heterocycles. The Kier molecular flexibility index (Phi) is 11.9. The molecular weight excluding hydrogens is 810 g/mol. The zero-order chi connectivity index (χ0) is 42.5. The smallest absolute Gasteiger partial charge is 0.407 e. The summed E-state index contributed by atoms with van der Waals surface area (Å²) in [6.45, 7) is 6.65. The molecule has 322 valence electrons. The lowest BCUT2D eigenvalue weighted by Gasteiger charge is -2.36. The Morgan fingerprint density at radius 2 is 1.64 bits per heavy atom. The van der Waals surface area contributed by atoms with Crippen molar-refractivity contribution in [3.8, 4) is 0 Å². The zero-order valence-electron chi connectivity index (χ0n) is 33.6. The van der Waals surface area contributed by atoms with Gasteiger partial charge in [0.2, 0.25) is 27.7 Å². The number of nitrogens with zero attached hydrogens (tertiary/aromatic N) is 5. The van der Waals surface area contributed by atoms with Gasteiger partial charge in [-0.2, -0.15) is 4.31 Å².